The average Bonchev–Trinajstić information content (AvgIpc) is 3.01. The van der Waals surface area contributed by atoms with Gasteiger partial charge in [0.1, 0.15) is 5.75 Å². The summed E-state index contributed by atoms with van der Waals surface area (Å²) in [6, 6.07) is 8.65. The minimum Gasteiger partial charge on any atom is -0.491 e. The molecule has 6 heteroatoms. The lowest BCUT2D eigenvalue weighted by Gasteiger charge is -2.23. The predicted octanol–water partition coefficient (Wildman–Crippen LogP) is 5.17. The molecular formula is C21H34N4OS. The van der Waals surface area contributed by atoms with Crippen molar-refractivity contribution < 1.29 is 4.74 Å². The molecule has 0 aliphatic heterocycles. The molecule has 0 saturated carbocycles. The van der Waals surface area contributed by atoms with E-state index in [1.165, 1.54) is 5.56 Å². The van der Waals surface area contributed by atoms with Crippen molar-refractivity contribution in [3.05, 3.63) is 35.7 Å². The van der Waals surface area contributed by atoms with Crippen LogP contribution in [0.5, 0.6) is 5.75 Å². The zero-order valence-electron chi connectivity index (χ0n) is 17.6. The van der Waals surface area contributed by atoms with Crippen molar-refractivity contribution in [1.82, 2.24) is 19.7 Å². The van der Waals surface area contributed by atoms with Gasteiger partial charge in [-0.2, -0.15) is 0 Å². The van der Waals surface area contributed by atoms with Crippen LogP contribution in [0.15, 0.2) is 29.4 Å². The SMILES string of the molecule is CCCCn1c(SCc2ccc(OC(C)C)cc2)nnc1C(CC)N(C)C. The van der Waals surface area contributed by atoms with E-state index in [-0.39, 0.29) is 6.10 Å². The molecule has 0 saturated heterocycles. The second-order valence-electron chi connectivity index (χ2n) is 7.33. The van der Waals surface area contributed by atoms with Gasteiger partial charge in [-0.15, -0.1) is 10.2 Å². The van der Waals surface area contributed by atoms with Crippen LogP contribution in [0.2, 0.25) is 0 Å². The third-order valence-electron chi connectivity index (χ3n) is 4.45. The molecule has 1 aromatic carbocycles. The third kappa shape index (κ3) is 6.25. The quantitative estimate of drug-likeness (QED) is 0.495. The first-order valence-electron chi connectivity index (χ1n) is 9.94. The molecule has 150 valence electrons. The lowest BCUT2D eigenvalue weighted by atomic mass is 10.2. The molecule has 0 bridgehead atoms. The monoisotopic (exact) mass is 390 g/mol. The number of nitrogens with zero attached hydrogens (tertiary/aromatic N) is 4. The Hall–Kier alpha value is -1.53. The van der Waals surface area contributed by atoms with E-state index in [9.17, 15) is 0 Å². The fourth-order valence-electron chi connectivity index (χ4n) is 3.04. The predicted molar refractivity (Wildman–Crippen MR) is 113 cm³/mol. The number of aromatic nitrogens is 3. The van der Waals surface area contributed by atoms with Crippen LogP contribution in [-0.2, 0) is 12.3 Å². The van der Waals surface area contributed by atoms with Crippen molar-refractivity contribution in [2.45, 2.75) is 76.6 Å². The Bertz CT molecular complexity index is 682. The summed E-state index contributed by atoms with van der Waals surface area (Å²) in [4.78, 5) is 2.23. The maximum atomic E-state index is 5.72. The van der Waals surface area contributed by atoms with Gasteiger partial charge in [0.05, 0.1) is 12.1 Å². The van der Waals surface area contributed by atoms with Gasteiger partial charge in [0.15, 0.2) is 11.0 Å². The molecule has 0 fully saturated rings. The van der Waals surface area contributed by atoms with Gasteiger partial charge in [0, 0.05) is 12.3 Å². The van der Waals surface area contributed by atoms with E-state index < -0.39 is 0 Å². The maximum Gasteiger partial charge on any atom is 0.191 e. The molecular weight excluding hydrogens is 356 g/mol. The first-order chi connectivity index (χ1) is 13.0. The van der Waals surface area contributed by atoms with Crippen LogP contribution >= 0.6 is 11.8 Å². The highest BCUT2D eigenvalue weighted by molar-refractivity contribution is 7.98. The van der Waals surface area contributed by atoms with Crippen LogP contribution < -0.4 is 4.74 Å². The van der Waals surface area contributed by atoms with Crippen LogP contribution in [0.25, 0.3) is 0 Å². The van der Waals surface area contributed by atoms with Gasteiger partial charge < -0.3 is 9.30 Å². The Morgan fingerprint density at radius 1 is 1.11 bits per heavy atom. The standard InChI is InChI=1S/C21H34N4OS/c1-7-9-14-25-20(19(8-2)24(5)6)22-23-21(25)27-15-17-10-12-18(13-11-17)26-16(3)4/h10-13,16,19H,7-9,14-15H2,1-6H3. The molecule has 2 aromatic rings. The fraction of sp³-hybridized carbons (Fsp3) is 0.619. The van der Waals surface area contributed by atoms with Crippen LogP contribution in [0.3, 0.4) is 0 Å². The first kappa shape index (κ1) is 21.8. The number of thioether (sulfide) groups is 1. The first-order valence-corrected chi connectivity index (χ1v) is 10.9. The molecule has 1 unspecified atom stereocenters. The number of hydrogen-bond donors (Lipinski definition) is 0. The van der Waals surface area contributed by atoms with Crippen LogP contribution in [0.1, 0.15) is 64.4 Å². The summed E-state index contributed by atoms with van der Waals surface area (Å²) in [6.45, 7) is 9.49. The van der Waals surface area contributed by atoms with Crippen LogP contribution in [-0.4, -0.2) is 39.9 Å². The number of unbranched alkanes of at least 4 members (excludes halogenated alkanes) is 1. The molecule has 0 aliphatic carbocycles. The molecule has 1 heterocycles. The lowest BCUT2D eigenvalue weighted by molar-refractivity contribution is 0.242. The molecule has 0 aliphatic rings. The molecule has 1 aromatic heterocycles. The van der Waals surface area contributed by atoms with Crippen LogP contribution in [0.4, 0.5) is 0 Å². The summed E-state index contributed by atoms with van der Waals surface area (Å²) in [5, 5.41) is 10.1. The van der Waals surface area contributed by atoms with E-state index in [0.29, 0.717) is 6.04 Å². The highest BCUT2D eigenvalue weighted by atomic mass is 32.2. The molecule has 27 heavy (non-hydrogen) atoms. The molecule has 2 rings (SSSR count). The van der Waals surface area contributed by atoms with Crippen molar-refractivity contribution in [1.29, 1.82) is 0 Å². The van der Waals surface area contributed by atoms with E-state index in [1.807, 2.05) is 26.0 Å². The van der Waals surface area contributed by atoms with Crippen LogP contribution in [0, 0.1) is 0 Å². The summed E-state index contributed by atoms with van der Waals surface area (Å²) in [6.07, 6.45) is 3.53. The fourth-order valence-corrected chi connectivity index (χ4v) is 3.97. The Balaban J connectivity index is 2.11. The number of benzene rings is 1. The van der Waals surface area contributed by atoms with Gasteiger partial charge in [0.25, 0.3) is 0 Å². The van der Waals surface area contributed by atoms with E-state index in [1.54, 1.807) is 11.8 Å². The molecule has 5 nitrogen and oxygen atoms in total. The average molecular weight is 391 g/mol. The minimum absolute atomic E-state index is 0.198. The summed E-state index contributed by atoms with van der Waals surface area (Å²) in [5.41, 5.74) is 1.27. The van der Waals surface area contributed by atoms with Gasteiger partial charge in [-0.3, -0.25) is 4.90 Å². The number of rotatable bonds is 11. The normalized spacial score (nSPS) is 12.7. The summed E-state index contributed by atoms with van der Waals surface area (Å²) < 4.78 is 8.04. The Kier molecular flexibility index (Phi) is 8.64. The highest BCUT2D eigenvalue weighted by Crippen LogP contribution is 2.28. The molecule has 0 radical (unpaired) electrons. The lowest BCUT2D eigenvalue weighted by Crippen LogP contribution is -2.23. The largest absolute Gasteiger partial charge is 0.491 e. The van der Waals surface area contributed by atoms with E-state index in [4.69, 9.17) is 4.74 Å². The summed E-state index contributed by atoms with van der Waals surface area (Å²) in [5.74, 6) is 2.88. The van der Waals surface area contributed by atoms with Gasteiger partial charge in [-0.25, -0.2) is 0 Å². The second-order valence-corrected chi connectivity index (χ2v) is 8.28. The second kappa shape index (κ2) is 10.7. The number of ether oxygens (including phenoxy) is 1. The number of hydrogen-bond acceptors (Lipinski definition) is 5. The van der Waals surface area contributed by atoms with Crippen molar-refractivity contribution in [2.24, 2.45) is 0 Å². The Labute approximate surface area is 168 Å². The van der Waals surface area contributed by atoms with Crippen molar-refractivity contribution in [3.8, 4) is 5.75 Å². The molecule has 0 amide bonds. The van der Waals surface area contributed by atoms with E-state index in [0.717, 1.165) is 48.3 Å². The smallest absolute Gasteiger partial charge is 0.191 e. The van der Waals surface area contributed by atoms with Crippen molar-refractivity contribution in [3.63, 3.8) is 0 Å². The zero-order chi connectivity index (χ0) is 19.8. The highest BCUT2D eigenvalue weighted by Gasteiger charge is 2.21. The summed E-state index contributed by atoms with van der Waals surface area (Å²) in [7, 11) is 4.22. The van der Waals surface area contributed by atoms with Crippen molar-refractivity contribution >= 4 is 11.8 Å². The Morgan fingerprint density at radius 3 is 2.37 bits per heavy atom. The molecule has 1 atom stereocenters. The van der Waals surface area contributed by atoms with Gasteiger partial charge >= 0.3 is 0 Å². The van der Waals surface area contributed by atoms with Gasteiger partial charge in [-0.05, 0) is 58.5 Å². The molecule has 0 spiro atoms. The topological polar surface area (TPSA) is 43.2 Å². The Morgan fingerprint density at radius 2 is 1.81 bits per heavy atom. The minimum atomic E-state index is 0.198. The van der Waals surface area contributed by atoms with Crippen molar-refractivity contribution in [2.75, 3.05) is 14.1 Å². The van der Waals surface area contributed by atoms with E-state index >= 15 is 0 Å². The van der Waals surface area contributed by atoms with E-state index in [2.05, 4.69) is 59.7 Å². The van der Waals surface area contributed by atoms with Gasteiger partial charge in [0.2, 0.25) is 0 Å². The third-order valence-corrected chi connectivity index (χ3v) is 5.49. The van der Waals surface area contributed by atoms with Gasteiger partial charge in [-0.1, -0.05) is 44.2 Å². The summed E-state index contributed by atoms with van der Waals surface area (Å²) >= 11 is 1.76. The maximum absolute atomic E-state index is 5.72. The molecule has 0 N–H and O–H groups in total. The zero-order valence-corrected chi connectivity index (χ0v) is 18.4.